The highest BCUT2D eigenvalue weighted by Crippen LogP contribution is 2.31. The molecule has 0 saturated carbocycles. The van der Waals surface area contributed by atoms with Gasteiger partial charge >= 0.3 is 6.03 Å². The Morgan fingerprint density at radius 2 is 1.98 bits per heavy atom. The fraction of sp³-hybridized carbons (Fsp3) is 0.143. The van der Waals surface area contributed by atoms with E-state index in [-0.39, 0.29) is 12.6 Å². The molecule has 3 aromatic heterocycles. The number of imidazole rings is 1. The molecule has 0 radical (unpaired) electrons. The third-order valence-corrected chi connectivity index (χ3v) is 7.01. The number of aromatic nitrogens is 8. The van der Waals surface area contributed by atoms with E-state index in [2.05, 4.69) is 41.3 Å². The maximum absolute atomic E-state index is 13.2. The SMILES string of the molecule is Cc1ccc(-n2cnnn2)c(CNC(=O)N[C@@H](Cc2ccccc2)c2nc(-c3ccc4c(N)n[nH]c4c3)c(Cl)[nH]2)c1. The average Bonchev–Trinajstić information content (AvgIpc) is 3.73. The van der Waals surface area contributed by atoms with Crippen molar-refractivity contribution in [2.24, 2.45) is 0 Å². The van der Waals surface area contributed by atoms with E-state index in [4.69, 9.17) is 22.3 Å². The number of benzene rings is 3. The average molecular weight is 568 g/mol. The summed E-state index contributed by atoms with van der Waals surface area (Å²) in [5.74, 6) is 0.951. The minimum Gasteiger partial charge on any atom is -0.382 e. The first-order chi connectivity index (χ1) is 19.9. The van der Waals surface area contributed by atoms with E-state index in [9.17, 15) is 4.79 Å². The number of fused-ring (bicyclic) bond motifs is 1. The van der Waals surface area contributed by atoms with Gasteiger partial charge in [-0.15, -0.1) is 5.10 Å². The molecule has 1 atom stereocenters. The quantitative estimate of drug-likeness (QED) is 0.183. The van der Waals surface area contributed by atoms with Crippen molar-refractivity contribution in [1.82, 2.24) is 51.0 Å². The van der Waals surface area contributed by atoms with Gasteiger partial charge in [-0.1, -0.05) is 65.7 Å². The van der Waals surface area contributed by atoms with E-state index >= 15 is 0 Å². The van der Waals surface area contributed by atoms with E-state index in [0.717, 1.165) is 38.8 Å². The molecule has 6 rings (SSSR count). The van der Waals surface area contributed by atoms with Gasteiger partial charge in [-0.3, -0.25) is 5.10 Å². The van der Waals surface area contributed by atoms with E-state index in [0.29, 0.717) is 28.9 Å². The summed E-state index contributed by atoms with van der Waals surface area (Å²) < 4.78 is 1.56. The summed E-state index contributed by atoms with van der Waals surface area (Å²) in [4.78, 5) is 21.2. The van der Waals surface area contributed by atoms with Crippen molar-refractivity contribution in [1.29, 1.82) is 0 Å². The zero-order valence-electron chi connectivity index (χ0n) is 22.0. The third-order valence-electron chi connectivity index (χ3n) is 6.73. The second-order valence-corrected chi connectivity index (χ2v) is 9.99. The highest BCUT2D eigenvalue weighted by molar-refractivity contribution is 6.32. The first-order valence-corrected chi connectivity index (χ1v) is 13.2. The predicted molar refractivity (Wildman–Crippen MR) is 155 cm³/mol. The molecule has 3 aromatic carbocycles. The summed E-state index contributed by atoms with van der Waals surface area (Å²) in [5, 5.41) is 25.6. The zero-order valence-corrected chi connectivity index (χ0v) is 22.7. The number of hydrogen-bond acceptors (Lipinski definition) is 7. The smallest absolute Gasteiger partial charge is 0.315 e. The molecule has 3 heterocycles. The van der Waals surface area contributed by atoms with Crippen LogP contribution in [0.4, 0.5) is 10.6 Å². The van der Waals surface area contributed by atoms with Crippen LogP contribution in [0.3, 0.4) is 0 Å². The van der Waals surface area contributed by atoms with Crippen LogP contribution in [0.15, 0.2) is 73.1 Å². The standard InChI is InChI=1S/C28H26ClN11O/c1-16-7-10-23(40-15-32-38-39-40)19(11-16)14-31-28(41)33-22(12-17-5-3-2-4-6-17)27-34-24(25(29)35-27)18-8-9-20-21(13-18)36-37-26(20)30/h2-11,13,15,22H,12,14H2,1H3,(H,34,35)(H3,30,36,37)(H2,31,33,41)/t22-/m0/s1. The number of carbonyl (C=O) groups excluding carboxylic acids is 1. The number of halogens is 1. The summed E-state index contributed by atoms with van der Waals surface area (Å²) >= 11 is 6.63. The second-order valence-electron chi connectivity index (χ2n) is 9.61. The van der Waals surface area contributed by atoms with Crippen molar-refractivity contribution in [3.63, 3.8) is 0 Å². The normalized spacial score (nSPS) is 12.0. The van der Waals surface area contributed by atoms with Gasteiger partial charge in [0.25, 0.3) is 0 Å². The Balaban J connectivity index is 1.24. The van der Waals surface area contributed by atoms with Gasteiger partial charge in [-0.05, 0) is 53.1 Å². The predicted octanol–water partition coefficient (Wildman–Crippen LogP) is 4.26. The highest BCUT2D eigenvalue weighted by Gasteiger charge is 2.22. The van der Waals surface area contributed by atoms with Crippen LogP contribution in [-0.4, -0.2) is 46.4 Å². The maximum atomic E-state index is 13.2. The molecule has 2 amide bonds. The lowest BCUT2D eigenvalue weighted by Gasteiger charge is -2.18. The Hall–Kier alpha value is -5.23. The summed E-state index contributed by atoms with van der Waals surface area (Å²) in [7, 11) is 0. The molecule has 0 fully saturated rings. The number of amides is 2. The maximum Gasteiger partial charge on any atom is 0.315 e. The van der Waals surface area contributed by atoms with Crippen LogP contribution < -0.4 is 16.4 Å². The zero-order chi connectivity index (χ0) is 28.3. The van der Waals surface area contributed by atoms with Crippen LogP contribution in [0.2, 0.25) is 5.15 Å². The number of nitrogens with one attached hydrogen (secondary N) is 4. The summed E-state index contributed by atoms with van der Waals surface area (Å²) in [6.07, 6.45) is 2.01. The number of hydrogen-bond donors (Lipinski definition) is 5. The Bertz CT molecular complexity index is 1810. The Morgan fingerprint density at radius 3 is 2.78 bits per heavy atom. The number of nitrogens with two attached hydrogens (primary N) is 1. The number of H-pyrrole nitrogens is 2. The number of tetrazole rings is 1. The van der Waals surface area contributed by atoms with E-state index < -0.39 is 6.04 Å². The molecular weight excluding hydrogens is 542 g/mol. The largest absolute Gasteiger partial charge is 0.382 e. The van der Waals surface area contributed by atoms with Crippen LogP contribution in [0.1, 0.15) is 28.6 Å². The van der Waals surface area contributed by atoms with Crippen LogP contribution in [-0.2, 0) is 13.0 Å². The molecule has 12 nitrogen and oxygen atoms in total. The van der Waals surface area contributed by atoms with Crippen molar-refractivity contribution < 1.29 is 4.79 Å². The fourth-order valence-electron chi connectivity index (χ4n) is 4.72. The Kier molecular flexibility index (Phi) is 7.04. The molecule has 0 unspecified atom stereocenters. The molecule has 13 heteroatoms. The number of anilines is 1. The molecule has 0 saturated heterocycles. The van der Waals surface area contributed by atoms with Gasteiger partial charge in [0.2, 0.25) is 0 Å². The monoisotopic (exact) mass is 567 g/mol. The minimum absolute atomic E-state index is 0.262. The van der Waals surface area contributed by atoms with Gasteiger partial charge in [0.1, 0.15) is 23.0 Å². The Labute approximate surface area is 239 Å². The summed E-state index contributed by atoms with van der Waals surface area (Å²) in [5.41, 5.74) is 11.8. The van der Waals surface area contributed by atoms with E-state index in [1.165, 1.54) is 6.33 Å². The molecule has 41 heavy (non-hydrogen) atoms. The van der Waals surface area contributed by atoms with Crippen LogP contribution >= 0.6 is 11.6 Å². The molecule has 6 N–H and O–H groups in total. The van der Waals surface area contributed by atoms with Crippen LogP contribution in [0, 0.1) is 6.92 Å². The summed E-state index contributed by atoms with van der Waals surface area (Å²) in [6, 6.07) is 20.5. The third kappa shape index (κ3) is 5.58. The number of aromatic amines is 2. The Morgan fingerprint density at radius 1 is 1.12 bits per heavy atom. The van der Waals surface area contributed by atoms with Crippen LogP contribution in [0.25, 0.3) is 27.8 Å². The first-order valence-electron chi connectivity index (χ1n) is 12.8. The molecule has 0 aliphatic rings. The van der Waals surface area contributed by atoms with Crippen molar-refractivity contribution >= 4 is 34.4 Å². The van der Waals surface area contributed by atoms with Crippen LogP contribution in [0.5, 0.6) is 0 Å². The molecule has 0 aliphatic heterocycles. The van der Waals surface area contributed by atoms with E-state index in [1.54, 1.807) is 4.68 Å². The fourth-order valence-corrected chi connectivity index (χ4v) is 4.96. The van der Waals surface area contributed by atoms with Crippen molar-refractivity contribution in [2.75, 3.05) is 5.73 Å². The topological polar surface area (TPSA) is 168 Å². The summed E-state index contributed by atoms with van der Waals surface area (Å²) in [6.45, 7) is 2.25. The molecule has 0 spiro atoms. The van der Waals surface area contributed by atoms with Gasteiger partial charge < -0.3 is 21.4 Å². The number of carbonyl (C=O) groups is 1. The lowest BCUT2D eigenvalue weighted by molar-refractivity contribution is 0.236. The number of rotatable bonds is 8. The molecule has 0 aliphatic carbocycles. The lowest BCUT2D eigenvalue weighted by Crippen LogP contribution is -2.39. The van der Waals surface area contributed by atoms with Crippen molar-refractivity contribution in [3.8, 4) is 16.9 Å². The first kappa shape index (κ1) is 26.0. The van der Waals surface area contributed by atoms with Gasteiger partial charge in [-0.25, -0.2) is 14.5 Å². The second kappa shape index (κ2) is 11.1. The highest BCUT2D eigenvalue weighted by atomic mass is 35.5. The molecule has 206 valence electrons. The number of nitrogen functional groups attached to an aromatic ring is 1. The van der Waals surface area contributed by atoms with Gasteiger partial charge in [0, 0.05) is 17.5 Å². The van der Waals surface area contributed by atoms with Gasteiger partial charge in [0.15, 0.2) is 5.82 Å². The number of urea groups is 1. The van der Waals surface area contributed by atoms with Gasteiger partial charge in [-0.2, -0.15) is 5.10 Å². The van der Waals surface area contributed by atoms with Crippen molar-refractivity contribution in [3.05, 3.63) is 101 Å². The number of aryl methyl sites for hydroxylation is 1. The van der Waals surface area contributed by atoms with Gasteiger partial charge in [0.05, 0.1) is 17.2 Å². The molecule has 6 aromatic rings. The lowest BCUT2D eigenvalue weighted by atomic mass is 10.1. The number of nitrogens with zero attached hydrogens (tertiary/aromatic N) is 6. The molecule has 0 bridgehead atoms. The van der Waals surface area contributed by atoms with Crippen molar-refractivity contribution in [2.45, 2.75) is 25.9 Å². The van der Waals surface area contributed by atoms with E-state index in [1.807, 2.05) is 73.7 Å². The minimum atomic E-state index is -0.494. The molecular formula is C28H26ClN11O.